The summed E-state index contributed by atoms with van der Waals surface area (Å²) in [6, 6.07) is 3.50. The first-order chi connectivity index (χ1) is 12.3. The average Bonchev–Trinajstić information content (AvgIpc) is 3.07. The first kappa shape index (κ1) is 18.8. The molecular weight excluding hydrogens is 366 g/mol. The molecule has 26 heavy (non-hydrogen) atoms. The zero-order valence-electron chi connectivity index (χ0n) is 14.2. The standard InChI is InChI=1S/C17H18F2N2O4S/c1-16(2)24-8-17(7-22,9-25-16)21-14(23)12-6-20-15(26-12)13-10(18)4-3-5-11(13)19/h3-6,22H,7-9H2,1-2H3,(H,21,23). The highest BCUT2D eigenvalue weighted by atomic mass is 32.1. The van der Waals surface area contributed by atoms with Gasteiger partial charge in [-0.2, -0.15) is 0 Å². The van der Waals surface area contributed by atoms with E-state index in [0.717, 1.165) is 23.5 Å². The molecule has 0 bridgehead atoms. The van der Waals surface area contributed by atoms with Crippen molar-refractivity contribution in [3.63, 3.8) is 0 Å². The summed E-state index contributed by atoms with van der Waals surface area (Å²) >= 11 is 0.854. The van der Waals surface area contributed by atoms with E-state index in [-0.39, 0.29) is 35.3 Å². The van der Waals surface area contributed by atoms with Gasteiger partial charge in [-0.1, -0.05) is 6.07 Å². The zero-order valence-corrected chi connectivity index (χ0v) is 15.0. The van der Waals surface area contributed by atoms with Crippen LogP contribution in [0, 0.1) is 11.6 Å². The Labute approximate surface area is 152 Å². The van der Waals surface area contributed by atoms with Gasteiger partial charge in [-0.25, -0.2) is 13.8 Å². The number of hydrogen-bond donors (Lipinski definition) is 2. The van der Waals surface area contributed by atoms with Crippen LogP contribution in [-0.4, -0.2) is 47.1 Å². The van der Waals surface area contributed by atoms with Gasteiger partial charge >= 0.3 is 0 Å². The number of thiazole rings is 1. The van der Waals surface area contributed by atoms with Crippen LogP contribution in [0.2, 0.25) is 0 Å². The van der Waals surface area contributed by atoms with Crippen LogP contribution in [0.1, 0.15) is 23.5 Å². The summed E-state index contributed by atoms with van der Waals surface area (Å²) in [6.45, 7) is 3.21. The van der Waals surface area contributed by atoms with Crippen LogP contribution in [-0.2, 0) is 9.47 Å². The van der Waals surface area contributed by atoms with Gasteiger partial charge in [-0.15, -0.1) is 11.3 Å². The summed E-state index contributed by atoms with van der Waals surface area (Å²) in [5.41, 5.74) is -1.38. The molecule has 0 atom stereocenters. The van der Waals surface area contributed by atoms with E-state index in [1.54, 1.807) is 13.8 Å². The molecule has 140 valence electrons. The van der Waals surface area contributed by atoms with Crippen LogP contribution in [0.25, 0.3) is 10.6 Å². The van der Waals surface area contributed by atoms with Gasteiger partial charge in [-0.05, 0) is 26.0 Å². The molecule has 1 aromatic carbocycles. The van der Waals surface area contributed by atoms with Crippen LogP contribution < -0.4 is 5.32 Å². The van der Waals surface area contributed by atoms with Gasteiger partial charge < -0.3 is 19.9 Å². The number of carbonyl (C=O) groups is 1. The summed E-state index contributed by atoms with van der Waals surface area (Å²) in [7, 11) is 0. The number of aliphatic hydroxyl groups is 1. The number of carbonyl (C=O) groups excluding carboxylic acids is 1. The van der Waals surface area contributed by atoms with E-state index in [0.29, 0.717) is 0 Å². The van der Waals surface area contributed by atoms with Gasteiger partial charge in [-0.3, -0.25) is 4.79 Å². The Kier molecular flexibility index (Phi) is 5.07. The Morgan fingerprint density at radius 3 is 2.50 bits per heavy atom. The van der Waals surface area contributed by atoms with E-state index in [2.05, 4.69) is 10.3 Å². The number of nitrogens with zero attached hydrogens (tertiary/aromatic N) is 1. The first-order valence-corrected chi connectivity index (χ1v) is 8.68. The third-order valence-corrected chi connectivity index (χ3v) is 4.99. The zero-order chi connectivity index (χ0) is 18.9. The predicted octanol–water partition coefficient (Wildman–Crippen LogP) is 2.33. The first-order valence-electron chi connectivity index (χ1n) is 7.87. The number of amides is 1. The maximum Gasteiger partial charge on any atom is 0.263 e. The van der Waals surface area contributed by atoms with Crippen molar-refractivity contribution in [3.8, 4) is 10.6 Å². The minimum atomic E-state index is -1.10. The lowest BCUT2D eigenvalue weighted by atomic mass is 10.0. The molecule has 2 N–H and O–H groups in total. The van der Waals surface area contributed by atoms with Crippen molar-refractivity contribution in [3.05, 3.63) is 40.9 Å². The topological polar surface area (TPSA) is 80.7 Å². The Hall–Kier alpha value is -1.94. The van der Waals surface area contributed by atoms with Gasteiger partial charge in [0, 0.05) is 0 Å². The molecule has 0 aliphatic carbocycles. The second kappa shape index (κ2) is 6.99. The van der Waals surface area contributed by atoms with Crippen molar-refractivity contribution < 1.29 is 28.2 Å². The fraction of sp³-hybridized carbons (Fsp3) is 0.412. The molecule has 2 aromatic rings. The monoisotopic (exact) mass is 384 g/mol. The lowest BCUT2D eigenvalue weighted by Gasteiger charge is -2.42. The molecule has 2 heterocycles. The fourth-order valence-corrected chi connectivity index (χ4v) is 3.27. The van der Waals surface area contributed by atoms with Crippen molar-refractivity contribution >= 4 is 17.2 Å². The van der Waals surface area contributed by atoms with Crippen LogP contribution >= 0.6 is 11.3 Å². The van der Waals surface area contributed by atoms with Gasteiger partial charge in [0.25, 0.3) is 5.91 Å². The maximum absolute atomic E-state index is 13.9. The lowest BCUT2D eigenvalue weighted by Crippen LogP contribution is -2.63. The fourth-order valence-electron chi connectivity index (χ4n) is 2.41. The highest BCUT2D eigenvalue weighted by Gasteiger charge is 2.41. The summed E-state index contributed by atoms with van der Waals surface area (Å²) < 4.78 is 38.7. The quantitative estimate of drug-likeness (QED) is 0.846. The SMILES string of the molecule is CC1(C)OCC(CO)(NC(=O)c2cnc(-c3c(F)cccc3F)s2)CO1. The van der Waals surface area contributed by atoms with E-state index in [4.69, 9.17) is 9.47 Å². The van der Waals surface area contributed by atoms with Gasteiger partial charge in [0.1, 0.15) is 27.1 Å². The summed E-state index contributed by atoms with van der Waals surface area (Å²) in [5, 5.41) is 12.4. The Morgan fingerprint density at radius 1 is 1.31 bits per heavy atom. The van der Waals surface area contributed by atoms with Crippen molar-refractivity contribution in [1.29, 1.82) is 0 Å². The van der Waals surface area contributed by atoms with E-state index in [1.165, 1.54) is 12.3 Å². The van der Waals surface area contributed by atoms with Crippen molar-refractivity contribution in [1.82, 2.24) is 10.3 Å². The smallest absolute Gasteiger partial charge is 0.263 e. The molecular formula is C17H18F2N2O4S. The molecule has 1 amide bonds. The molecule has 1 aliphatic rings. The number of ether oxygens (including phenoxy) is 2. The molecule has 0 spiro atoms. The normalized spacial score (nSPS) is 18.5. The van der Waals surface area contributed by atoms with Gasteiger partial charge in [0.2, 0.25) is 0 Å². The highest BCUT2D eigenvalue weighted by molar-refractivity contribution is 7.16. The van der Waals surface area contributed by atoms with Crippen molar-refractivity contribution in [2.75, 3.05) is 19.8 Å². The average molecular weight is 384 g/mol. The molecule has 6 nitrogen and oxygen atoms in total. The van der Waals surface area contributed by atoms with Crippen molar-refractivity contribution in [2.45, 2.75) is 25.2 Å². The summed E-state index contributed by atoms with van der Waals surface area (Å²) in [4.78, 5) is 16.6. The molecule has 0 saturated carbocycles. The number of nitrogens with one attached hydrogen (secondary N) is 1. The Balaban J connectivity index is 1.78. The van der Waals surface area contributed by atoms with E-state index in [9.17, 15) is 18.7 Å². The molecule has 3 rings (SSSR count). The Morgan fingerprint density at radius 2 is 1.92 bits per heavy atom. The molecule has 1 saturated heterocycles. The van der Waals surface area contributed by atoms with Crippen LogP contribution in [0.4, 0.5) is 8.78 Å². The summed E-state index contributed by atoms with van der Waals surface area (Å²) in [5.74, 6) is -2.85. The molecule has 0 radical (unpaired) electrons. The van der Waals surface area contributed by atoms with Gasteiger partial charge in [0.05, 0.1) is 31.6 Å². The van der Waals surface area contributed by atoms with Crippen molar-refractivity contribution in [2.24, 2.45) is 0 Å². The van der Waals surface area contributed by atoms with Crippen LogP contribution in [0.3, 0.4) is 0 Å². The Bertz CT molecular complexity index is 795. The predicted molar refractivity (Wildman–Crippen MR) is 90.7 cm³/mol. The van der Waals surface area contributed by atoms with E-state index >= 15 is 0 Å². The number of benzene rings is 1. The number of hydrogen-bond acceptors (Lipinski definition) is 6. The minimum Gasteiger partial charge on any atom is -0.394 e. The molecule has 1 fully saturated rings. The number of aliphatic hydroxyl groups excluding tert-OH is 1. The van der Waals surface area contributed by atoms with E-state index < -0.39 is 28.9 Å². The molecule has 1 aliphatic heterocycles. The largest absolute Gasteiger partial charge is 0.394 e. The molecule has 0 unspecified atom stereocenters. The molecule has 9 heteroatoms. The van der Waals surface area contributed by atoms with Gasteiger partial charge in [0.15, 0.2) is 5.79 Å². The van der Waals surface area contributed by atoms with E-state index in [1.807, 2.05) is 0 Å². The number of rotatable bonds is 4. The highest BCUT2D eigenvalue weighted by Crippen LogP contribution is 2.30. The second-order valence-corrected chi connectivity index (χ2v) is 7.53. The number of halogens is 2. The minimum absolute atomic E-state index is 0.0566. The lowest BCUT2D eigenvalue weighted by molar-refractivity contribution is -0.273. The third kappa shape index (κ3) is 3.75. The molecule has 1 aromatic heterocycles. The number of aromatic nitrogens is 1. The van der Waals surface area contributed by atoms with Crippen LogP contribution in [0.5, 0.6) is 0 Å². The summed E-state index contributed by atoms with van der Waals surface area (Å²) in [6.07, 6.45) is 1.24. The third-order valence-electron chi connectivity index (χ3n) is 3.98. The maximum atomic E-state index is 13.9. The second-order valence-electron chi connectivity index (χ2n) is 6.50. The van der Waals surface area contributed by atoms with Crippen LogP contribution in [0.15, 0.2) is 24.4 Å².